The molecule has 3 unspecified atom stereocenters. The molecule has 0 bridgehead atoms. The van der Waals surface area contributed by atoms with Gasteiger partial charge in [-0.1, -0.05) is 134 Å². The van der Waals surface area contributed by atoms with Gasteiger partial charge in [0.25, 0.3) is 0 Å². The van der Waals surface area contributed by atoms with Crippen molar-refractivity contribution in [1.29, 1.82) is 0 Å². The van der Waals surface area contributed by atoms with E-state index in [9.17, 15) is 23.8 Å². The summed E-state index contributed by atoms with van der Waals surface area (Å²) in [5.41, 5.74) is 5.31. The van der Waals surface area contributed by atoms with Crippen LogP contribution in [0.2, 0.25) is 0 Å². The van der Waals surface area contributed by atoms with Gasteiger partial charge in [0.2, 0.25) is 0 Å². The predicted molar refractivity (Wildman–Crippen MR) is 199 cm³/mol. The molecule has 11 nitrogen and oxygen atoms in total. The number of phosphoric ester groups is 1. The predicted octanol–water partition coefficient (Wildman–Crippen LogP) is 9.28. The molecule has 0 aromatic rings. The SMILES string of the molecule is CC/C=C\C/C=C\C/C=C\CCCCCCCCCC(=O)OC(COC(=O)CCCCCCCCCCC)COP(=O)(O)OCC(N)C(=O)O. The molecule has 3 atom stereocenters. The summed E-state index contributed by atoms with van der Waals surface area (Å²) in [5, 5.41) is 8.85. The number of aliphatic carboxylic acids is 1. The Labute approximate surface area is 302 Å². The first-order chi connectivity index (χ1) is 24.1. The molecule has 0 aromatic carbocycles. The highest BCUT2D eigenvalue weighted by Gasteiger charge is 2.28. The Morgan fingerprint density at radius 3 is 1.68 bits per heavy atom. The van der Waals surface area contributed by atoms with Crippen molar-refractivity contribution >= 4 is 25.7 Å². The lowest BCUT2D eigenvalue weighted by Crippen LogP contribution is -2.34. The number of rotatable bonds is 35. The van der Waals surface area contributed by atoms with Gasteiger partial charge in [-0.25, -0.2) is 4.57 Å². The molecule has 0 aromatic heterocycles. The molecule has 0 spiro atoms. The summed E-state index contributed by atoms with van der Waals surface area (Å²) in [6.45, 7) is 2.63. The van der Waals surface area contributed by atoms with Gasteiger partial charge in [-0.15, -0.1) is 0 Å². The molecule has 0 rings (SSSR count). The van der Waals surface area contributed by atoms with Crippen LogP contribution in [0.4, 0.5) is 0 Å². The van der Waals surface area contributed by atoms with E-state index >= 15 is 0 Å². The van der Waals surface area contributed by atoms with Gasteiger partial charge in [-0.05, 0) is 44.9 Å². The number of ether oxygens (including phenoxy) is 2. The van der Waals surface area contributed by atoms with E-state index in [-0.39, 0.29) is 19.4 Å². The molecule has 0 saturated heterocycles. The maximum Gasteiger partial charge on any atom is 0.472 e. The van der Waals surface area contributed by atoms with E-state index in [4.69, 9.17) is 24.8 Å². The Bertz CT molecular complexity index is 1000. The van der Waals surface area contributed by atoms with Crippen molar-refractivity contribution in [2.75, 3.05) is 19.8 Å². The fourth-order valence-electron chi connectivity index (χ4n) is 4.90. The quantitative estimate of drug-likeness (QED) is 0.0246. The molecule has 0 saturated carbocycles. The summed E-state index contributed by atoms with van der Waals surface area (Å²) in [4.78, 5) is 45.7. The Hall–Kier alpha value is -2.30. The van der Waals surface area contributed by atoms with E-state index in [1.165, 1.54) is 38.5 Å². The first-order valence-electron chi connectivity index (χ1n) is 19.0. The van der Waals surface area contributed by atoms with Crippen LogP contribution in [-0.2, 0) is 37.5 Å². The minimum Gasteiger partial charge on any atom is -0.480 e. The highest BCUT2D eigenvalue weighted by Crippen LogP contribution is 2.43. The fourth-order valence-corrected chi connectivity index (χ4v) is 5.68. The van der Waals surface area contributed by atoms with Crippen molar-refractivity contribution in [2.45, 2.75) is 167 Å². The van der Waals surface area contributed by atoms with E-state index in [2.05, 4.69) is 54.8 Å². The number of hydrogen-bond donors (Lipinski definition) is 3. The largest absolute Gasteiger partial charge is 0.480 e. The molecule has 12 heteroatoms. The van der Waals surface area contributed by atoms with Gasteiger partial charge in [0, 0.05) is 12.8 Å². The number of phosphoric acid groups is 1. The first kappa shape index (κ1) is 47.7. The number of carboxylic acids is 1. The molecular weight excluding hydrogens is 661 g/mol. The highest BCUT2D eigenvalue weighted by atomic mass is 31.2. The minimum absolute atomic E-state index is 0.151. The third-order valence-electron chi connectivity index (χ3n) is 7.90. The second-order valence-corrected chi connectivity index (χ2v) is 14.1. The van der Waals surface area contributed by atoms with Gasteiger partial charge >= 0.3 is 25.7 Å². The number of esters is 2. The normalized spacial score (nSPS) is 14.3. The molecule has 0 aliphatic carbocycles. The summed E-state index contributed by atoms with van der Waals surface area (Å²) in [5.74, 6) is -2.40. The molecule has 0 amide bonds. The summed E-state index contributed by atoms with van der Waals surface area (Å²) >= 11 is 0. The fraction of sp³-hybridized carbons (Fsp3) is 0.763. The number of carboxylic acid groups (broad SMARTS) is 1. The smallest absolute Gasteiger partial charge is 0.472 e. The zero-order chi connectivity index (χ0) is 37.1. The molecular formula is C38H68NO10P. The summed E-state index contributed by atoms with van der Waals surface area (Å²) in [6, 6.07) is -1.52. The number of allylic oxidation sites excluding steroid dienone is 6. The highest BCUT2D eigenvalue weighted by molar-refractivity contribution is 7.47. The molecule has 50 heavy (non-hydrogen) atoms. The van der Waals surface area contributed by atoms with E-state index in [1.807, 2.05) is 0 Å². The van der Waals surface area contributed by atoms with Crippen LogP contribution in [0.5, 0.6) is 0 Å². The molecule has 0 heterocycles. The van der Waals surface area contributed by atoms with Crippen molar-refractivity contribution < 1.29 is 47.5 Å². The molecule has 4 N–H and O–H groups in total. The van der Waals surface area contributed by atoms with Crippen molar-refractivity contribution in [3.63, 3.8) is 0 Å². The topological polar surface area (TPSA) is 172 Å². The van der Waals surface area contributed by atoms with Crippen LogP contribution in [0.1, 0.15) is 155 Å². The minimum atomic E-state index is -4.71. The third-order valence-corrected chi connectivity index (χ3v) is 8.85. The standard InChI is InChI=1S/C38H68NO10P/c1-3-5-7-9-11-13-14-15-16-17-18-19-20-22-24-26-28-30-37(41)49-34(32-47-50(44,45)48-33-35(39)38(42)43)31-46-36(40)29-27-25-23-21-12-10-8-6-4-2/h5,7,11,13,15-16,34-35H,3-4,6,8-10,12,14,17-33,39H2,1-2H3,(H,42,43)(H,44,45)/b7-5-,13-11-,16-15-. The van der Waals surface area contributed by atoms with Crippen LogP contribution < -0.4 is 5.73 Å². The number of unbranched alkanes of at least 4 members (excludes halogenated alkanes) is 15. The third kappa shape index (κ3) is 32.9. The average Bonchev–Trinajstić information content (AvgIpc) is 3.09. The van der Waals surface area contributed by atoms with Crippen LogP contribution in [0.25, 0.3) is 0 Å². The monoisotopic (exact) mass is 729 g/mol. The number of carbonyl (C=O) groups is 3. The van der Waals surface area contributed by atoms with Crippen LogP contribution in [0, 0.1) is 0 Å². The maximum atomic E-state index is 12.6. The van der Waals surface area contributed by atoms with E-state index in [0.717, 1.165) is 77.0 Å². The van der Waals surface area contributed by atoms with Crippen molar-refractivity contribution in [3.8, 4) is 0 Å². The van der Waals surface area contributed by atoms with Gasteiger partial charge in [0.15, 0.2) is 6.10 Å². The van der Waals surface area contributed by atoms with E-state index < -0.39 is 51.1 Å². The van der Waals surface area contributed by atoms with Crippen LogP contribution in [-0.4, -0.2) is 59.9 Å². The van der Waals surface area contributed by atoms with Gasteiger partial charge < -0.3 is 25.2 Å². The molecule has 0 fully saturated rings. The van der Waals surface area contributed by atoms with Crippen molar-refractivity contribution in [2.24, 2.45) is 5.73 Å². The Morgan fingerprint density at radius 1 is 0.640 bits per heavy atom. The van der Waals surface area contributed by atoms with Crippen molar-refractivity contribution in [1.82, 2.24) is 0 Å². The lowest BCUT2D eigenvalue weighted by molar-refractivity contribution is -0.161. The lowest BCUT2D eigenvalue weighted by Gasteiger charge is -2.20. The summed E-state index contributed by atoms with van der Waals surface area (Å²) in [6.07, 6.45) is 33.6. The first-order valence-corrected chi connectivity index (χ1v) is 20.5. The second kappa shape index (κ2) is 33.8. The maximum absolute atomic E-state index is 12.6. The van der Waals surface area contributed by atoms with E-state index in [0.29, 0.717) is 12.8 Å². The van der Waals surface area contributed by atoms with Crippen LogP contribution >= 0.6 is 7.82 Å². The Kier molecular flexibility index (Phi) is 32.3. The summed E-state index contributed by atoms with van der Waals surface area (Å²) < 4.78 is 32.5. The van der Waals surface area contributed by atoms with Gasteiger partial charge in [-0.3, -0.25) is 23.4 Å². The number of hydrogen-bond acceptors (Lipinski definition) is 9. The zero-order valence-electron chi connectivity index (χ0n) is 31.0. The molecule has 0 aliphatic rings. The molecule has 0 radical (unpaired) electrons. The Balaban J connectivity index is 4.42. The summed E-state index contributed by atoms with van der Waals surface area (Å²) in [7, 11) is -4.71. The lowest BCUT2D eigenvalue weighted by atomic mass is 10.1. The Morgan fingerprint density at radius 2 is 1.12 bits per heavy atom. The molecule has 0 aliphatic heterocycles. The van der Waals surface area contributed by atoms with Gasteiger partial charge in [-0.2, -0.15) is 0 Å². The van der Waals surface area contributed by atoms with Crippen molar-refractivity contribution in [3.05, 3.63) is 36.5 Å². The van der Waals surface area contributed by atoms with E-state index in [1.54, 1.807) is 0 Å². The van der Waals surface area contributed by atoms with Gasteiger partial charge in [0.05, 0.1) is 13.2 Å². The van der Waals surface area contributed by atoms with Crippen LogP contribution in [0.15, 0.2) is 36.5 Å². The number of carbonyl (C=O) groups excluding carboxylic acids is 2. The number of nitrogens with two attached hydrogens (primary N) is 1. The molecule has 290 valence electrons. The van der Waals surface area contributed by atoms with Crippen LogP contribution in [0.3, 0.4) is 0 Å². The second-order valence-electron chi connectivity index (χ2n) is 12.7. The zero-order valence-corrected chi connectivity index (χ0v) is 31.9. The van der Waals surface area contributed by atoms with Gasteiger partial charge in [0.1, 0.15) is 12.6 Å². The average molecular weight is 730 g/mol.